The number of hydrogen-bond donors (Lipinski definition) is 0. The largest absolute Gasteiger partial charge is 0.459 e. The molecule has 0 aliphatic heterocycles. The third-order valence-corrected chi connectivity index (χ3v) is 5.00. The highest BCUT2D eigenvalue weighted by atomic mass is 35.5. The van der Waals surface area contributed by atoms with Gasteiger partial charge in [-0.15, -0.1) is 11.6 Å². The first-order valence-electron chi connectivity index (χ1n) is 7.30. The average Bonchev–Trinajstić information content (AvgIpc) is 2.76. The smallest absolute Gasteiger partial charge is 0.134 e. The molecule has 1 heterocycles. The van der Waals surface area contributed by atoms with Crippen molar-refractivity contribution >= 4 is 22.6 Å². The summed E-state index contributed by atoms with van der Waals surface area (Å²) >= 11 is 6.71. The van der Waals surface area contributed by atoms with Crippen LogP contribution in [0.25, 0.3) is 11.0 Å². The van der Waals surface area contributed by atoms with E-state index < -0.39 is 0 Å². The van der Waals surface area contributed by atoms with Crippen molar-refractivity contribution in [2.24, 2.45) is 5.92 Å². The SMILES string of the molecule is Cc1ccc2oc(C(Cl)C3CCCCC3)c(C)c2c1. The minimum atomic E-state index is 0.0352. The van der Waals surface area contributed by atoms with Crippen LogP contribution in [0.1, 0.15) is 54.4 Å². The van der Waals surface area contributed by atoms with Crippen LogP contribution in [0.4, 0.5) is 0 Å². The molecule has 2 aromatic rings. The Hall–Kier alpha value is -0.950. The van der Waals surface area contributed by atoms with Crippen LogP contribution in [-0.2, 0) is 0 Å². The van der Waals surface area contributed by atoms with Crippen molar-refractivity contribution < 1.29 is 4.42 Å². The van der Waals surface area contributed by atoms with Crippen LogP contribution in [0.15, 0.2) is 22.6 Å². The number of halogens is 1. The molecule has 102 valence electrons. The van der Waals surface area contributed by atoms with E-state index in [2.05, 4.69) is 32.0 Å². The number of hydrogen-bond acceptors (Lipinski definition) is 1. The highest BCUT2D eigenvalue weighted by Crippen LogP contribution is 2.42. The Balaban J connectivity index is 1.97. The molecule has 1 aromatic heterocycles. The lowest BCUT2D eigenvalue weighted by Gasteiger charge is -2.25. The van der Waals surface area contributed by atoms with Gasteiger partial charge in [0.25, 0.3) is 0 Å². The van der Waals surface area contributed by atoms with Gasteiger partial charge in [-0.25, -0.2) is 0 Å². The van der Waals surface area contributed by atoms with Gasteiger partial charge in [0.1, 0.15) is 11.3 Å². The standard InChI is InChI=1S/C17H21ClO/c1-11-8-9-15-14(10-11)12(2)17(19-15)16(18)13-6-4-3-5-7-13/h8-10,13,16H,3-7H2,1-2H3. The molecule has 1 aromatic carbocycles. The summed E-state index contributed by atoms with van der Waals surface area (Å²) < 4.78 is 6.04. The number of rotatable bonds is 2. The van der Waals surface area contributed by atoms with Crippen molar-refractivity contribution in [3.8, 4) is 0 Å². The monoisotopic (exact) mass is 276 g/mol. The summed E-state index contributed by atoms with van der Waals surface area (Å²) in [7, 11) is 0. The number of alkyl halides is 1. The predicted octanol–water partition coefficient (Wildman–Crippen LogP) is 5.91. The Bertz CT molecular complexity index is 578. The van der Waals surface area contributed by atoms with Crippen molar-refractivity contribution in [2.75, 3.05) is 0 Å². The van der Waals surface area contributed by atoms with Gasteiger partial charge in [-0.05, 0) is 50.3 Å². The fourth-order valence-corrected chi connectivity index (χ4v) is 3.72. The first kappa shape index (κ1) is 13.1. The van der Waals surface area contributed by atoms with Crippen LogP contribution in [0, 0.1) is 19.8 Å². The second-order valence-electron chi connectivity index (χ2n) is 5.89. The summed E-state index contributed by atoms with van der Waals surface area (Å²) in [5.41, 5.74) is 3.47. The minimum absolute atomic E-state index is 0.0352. The van der Waals surface area contributed by atoms with Crippen molar-refractivity contribution in [1.29, 1.82) is 0 Å². The van der Waals surface area contributed by atoms with E-state index >= 15 is 0 Å². The molecular weight excluding hydrogens is 256 g/mol. The van der Waals surface area contributed by atoms with Gasteiger partial charge in [-0.1, -0.05) is 30.9 Å². The Morgan fingerprint density at radius 1 is 1.16 bits per heavy atom. The lowest BCUT2D eigenvalue weighted by molar-refractivity contribution is 0.327. The molecule has 3 rings (SSSR count). The van der Waals surface area contributed by atoms with Crippen LogP contribution in [-0.4, -0.2) is 0 Å². The zero-order valence-electron chi connectivity index (χ0n) is 11.7. The summed E-state index contributed by atoms with van der Waals surface area (Å²) in [6.45, 7) is 4.25. The van der Waals surface area contributed by atoms with Crippen LogP contribution >= 0.6 is 11.6 Å². The quantitative estimate of drug-likeness (QED) is 0.622. The van der Waals surface area contributed by atoms with Crippen molar-refractivity contribution in [2.45, 2.75) is 51.3 Å². The first-order valence-corrected chi connectivity index (χ1v) is 7.74. The molecule has 1 saturated carbocycles. The van der Waals surface area contributed by atoms with Crippen molar-refractivity contribution in [3.05, 3.63) is 35.1 Å². The molecule has 0 radical (unpaired) electrons. The summed E-state index contributed by atoms with van der Waals surface area (Å²) in [4.78, 5) is 0. The number of benzene rings is 1. The molecule has 1 aliphatic rings. The maximum absolute atomic E-state index is 6.71. The Kier molecular flexibility index (Phi) is 3.58. The molecule has 0 spiro atoms. The predicted molar refractivity (Wildman–Crippen MR) is 80.9 cm³/mol. The number of aryl methyl sites for hydroxylation is 2. The normalized spacial score (nSPS) is 18.9. The topological polar surface area (TPSA) is 13.1 Å². The molecule has 1 nitrogen and oxygen atoms in total. The minimum Gasteiger partial charge on any atom is -0.459 e. The molecule has 1 atom stereocenters. The third-order valence-electron chi connectivity index (χ3n) is 4.44. The number of furan rings is 1. The zero-order valence-corrected chi connectivity index (χ0v) is 12.5. The molecule has 0 saturated heterocycles. The van der Waals surface area contributed by atoms with Gasteiger partial charge in [0.2, 0.25) is 0 Å². The van der Waals surface area contributed by atoms with Gasteiger partial charge in [0, 0.05) is 5.39 Å². The van der Waals surface area contributed by atoms with E-state index in [1.807, 2.05) is 0 Å². The summed E-state index contributed by atoms with van der Waals surface area (Å²) in [6, 6.07) is 6.35. The molecule has 2 heteroatoms. The van der Waals surface area contributed by atoms with E-state index in [1.165, 1.54) is 48.6 Å². The maximum Gasteiger partial charge on any atom is 0.134 e. The van der Waals surface area contributed by atoms with E-state index in [9.17, 15) is 0 Å². The van der Waals surface area contributed by atoms with Crippen molar-refractivity contribution in [3.63, 3.8) is 0 Å². The van der Waals surface area contributed by atoms with Gasteiger partial charge in [-0.2, -0.15) is 0 Å². The fourth-order valence-electron chi connectivity index (χ4n) is 3.26. The maximum atomic E-state index is 6.71. The Labute approximate surface area is 119 Å². The van der Waals surface area contributed by atoms with Gasteiger partial charge in [-0.3, -0.25) is 0 Å². The average molecular weight is 277 g/mol. The van der Waals surface area contributed by atoms with Crippen molar-refractivity contribution in [1.82, 2.24) is 0 Å². The fraction of sp³-hybridized carbons (Fsp3) is 0.529. The summed E-state index contributed by atoms with van der Waals surface area (Å²) in [5.74, 6) is 1.57. The van der Waals surface area contributed by atoms with E-state index in [-0.39, 0.29) is 5.38 Å². The molecule has 0 amide bonds. The van der Waals surface area contributed by atoms with Crippen LogP contribution in [0.5, 0.6) is 0 Å². The molecule has 1 aliphatic carbocycles. The van der Waals surface area contributed by atoms with E-state index in [0.29, 0.717) is 5.92 Å². The Morgan fingerprint density at radius 3 is 2.63 bits per heavy atom. The van der Waals surface area contributed by atoms with Crippen LogP contribution < -0.4 is 0 Å². The van der Waals surface area contributed by atoms with Gasteiger partial charge < -0.3 is 4.42 Å². The van der Waals surface area contributed by atoms with Crippen LogP contribution in [0.3, 0.4) is 0 Å². The zero-order chi connectivity index (χ0) is 13.4. The highest BCUT2D eigenvalue weighted by Gasteiger charge is 2.27. The lowest BCUT2D eigenvalue weighted by atomic mass is 9.85. The second kappa shape index (κ2) is 5.20. The molecule has 19 heavy (non-hydrogen) atoms. The first-order chi connectivity index (χ1) is 9.16. The summed E-state index contributed by atoms with van der Waals surface area (Å²) in [5, 5.41) is 1.25. The van der Waals surface area contributed by atoms with E-state index in [4.69, 9.17) is 16.0 Å². The highest BCUT2D eigenvalue weighted by molar-refractivity contribution is 6.21. The second-order valence-corrected chi connectivity index (χ2v) is 6.36. The Morgan fingerprint density at radius 2 is 1.89 bits per heavy atom. The van der Waals surface area contributed by atoms with Gasteiger partial charge in [0.05, 0.1) is 5.38 Å². The summed E-state index contributed by atoms with van der Waals surface area (Å²) in [6.07, 6.45) is 6.46. The molecular formula is C17H21ClO. The van der Waals surface area contributed by atoms with E-state index in [1.54, 1.807) is 0 Å². The molecule has 1 fully saturated rings. The molecule has 1 unspecified atom stereocenters. The third kappa shape index (κ3) is 2.41. The van der Waals surface area contributed by atoms with Crippen LogP contribution in [0.2, 0.25) is 0 Å². The van der Waals surface area contributed by atoms with Gasteiger partial charge >= 0.3 is 0 Å². The van der Waals surface area contributed by atoms with Gasteiger partial charge in [0.15, 0.2) is 0 Å². The molecule has 0 N–H and O–H groups in total. The molecule has 0 bridgehead atoms. The van der Waals surface area contributed by atoms with E-state index in [0.717, 1.165) is 11.3 Å². The lowest BCUT2D eigenvalue weighted by Crippen LogP contribution is -2.12. The number of fused-ring (bicyclic) bond motifs is 1.